The highest BCUT2D eigenvalue weighted by Gasteiger charge is 2.20. The molecule has 1 aromatic rings. The predicted molar refractivity (Wildman–Crippen MR) is 80.7 cm³/mol. The Morgan fingerprint density at radius 2 is 2.05 bits per heavy atom. The fourth-order valence-corrected chi connectivity index (χ4v) is 2.08. The first-order chi connectivity index (χ1) is 9.72. The molecule has 0 aromatic heterocycles. The summed E-state index contributed by atoms with van der Waals surface area (Å²) >= 11 is 3.02. The second-order valence-electron chi connectivity index (χ2n) is 4.98. The van der Waals surface area contributed by atoms with Crippen LogP contribution in [0.1, 0.15) is 30.6 Å². The maximum absolute atomic E-state index is 11.9. The molecular formula is C13H16BrN3O4. The zero-order valence-electron chi connectivity index (χ0n) is 11.6. The summed E-state index contributed by atoms with van der Waals surface area (Å²) in [5.41, 5.74) is 5.44. The van der Waals surface area contributed by atoms with Gasteiger partial charge in [-0.2, -0.15) is 0 Å². The van der Waals surface area contributed by atoms with E-state index in [9.17, 15) is 19.7 Å². The zero-order chi connectivity index (χ0) is 16.2. The largest absolute Gasteiger partial charge is 0.320 e. The lowest BCUT2D eigenvalue weighted by atomic mass is 10.0. The van der Waals surface area contributed by atoms with Gasteiger partial charge in [-0.05, 0) is 40.4 Å². The molecule has 0 fully saturated rings. The maximum Gasteiger partial charge on any atom is 0.284 e. The van der Waals surface area contributed by atoms with Gasteiger partial charge in [-0.15, -0.1) is 0 Å². The van der Waals surface area contributed by atoms with E-state index >= 15 is 0 Å². The third-order valence-corrected chi connectivity index (χ3v) is 3.37. The number of imide groups is 1. The Morgan fingerprint density at radius 3 is 2.57 bits per heavy atom. The van der Waals surface area contributed by atoms with Gasteiger partial charge in [0.15, 0.2) is 0 Å². The van der Waals surface area contributed by atoms with Crippen molar-refractivity contribution >= 4 is 33.4 Å². The summed E-state index contributed by atoms with van der Waals surface area (Å²) in [5, 5.41) is 13.0. The van der Waals surface area contributed by atoms with Crippen molar-refractivity contribution in [1.29, 1.82) is 0 Å². The number of nitro groups is 1. The number of nitro benzene ring substituents is 1. The number of nitrogens with two attached hydrogens (primary N) is 1. The fraction of sp³-hybridized carbons (Fsp3) is 0.385. The molecule has 8 heteroatoms. The van der Waals surface area contributed by atoms with E-state index in [0.29, 0.717) is 6.42 Å². The Bertz CT molecular complexity index is 575. The second kappa shape index (κ2) is 7.28. The number of nitrogens with zero attached hydrogens (tertiary/aromatic N) is 1. The van der Waals surface area contributed by atoms with Gasteiger partial charge in [0.2, 0.25) is 5.91 Å². The molecule has 3 N–H and O–H groups in total. The number of nitrogens with one attached hydrogen (secondary N) is 1. The van der Waals surface area contributed by atoms with Crippen LogP contribution in [0.15, 0.2) is 22.7 Å². The molecule has 7 nitrogen and oxygen atoms in total. The summed E-state index contributed by atoms with van der Waals surface area (Å²) in [6.45, 7) is 3.82. The zero-order valence-corrected chi connectivity index (χ0v) is 13.2. The van der Waals surface area contributed by atoms with Crippen LogP contribution in [0.5, 0.6) is 0 Å². The van der Waals surface area contributed by atoms with Crippen molar-refractivity contribution in [2.75, 3.05) is 0 Å². The third kappa shape index (κ3) is 4.91. The summed E-state index contributed by atoms with van der Waals surface area (Å²) in [5.74, 6) is -1.09. The van der Waals surface area contributed by atoms with Crippen LogP contribution in [0.4, 0.5) is 5.69 Å². The topological polar surface area (TPSA) is 115 Å². The van der Waals surface area contributed by atoms with Crippen molar-refractivity contribution in [3.05, 3.63) is 38.3 Å². The van der Waals surface area contributed by atoms with Crippen LogP contribution in [0, 0.1) is 16.0 Å². The van der Waals surface area contributed by atoms with Gasteiger partial charge in [-0.1, -0.05) is 13.8 Å². The molecular weight excluding hydrogens is 342 g/mol. The highest BCUT2D eigenvalue weighted by Crippen LogP contribution is 2.25. The minimum Gasteiger partial charge on any atom is -0.320 e. The number of halogens is 1. The van der Waals surface area contributed by atoms with E-state index in [1.807, 2.05) is 13.8 Å². The third-order valence-electron chi connectivity index (χ3n) is 2.70. The molecule has 0 heterocycles. The molecule has 1 atom stereocenters. The van der Waals surface area contributed by atoms with E-state index in [2.05, 4.69) is 21.2 Å². The Balaban J connectivity index is 2.83. The number of carbonyl (C=O) groups excluding carboxylic acids is 2. The van der Waals surface area contributed by atoms with Gasteiger partial charge < -0.3 is 5.73 Å². The summed E-state index contributed by atoms with van der Waals surface area (Å²) in [6.07, 6.45) is 0.444. The first kappa shape index (κ1) is 17.3. The van der Waals surface area contributed by atoms with Gasteiger partial charge in [-0.3, -0.25) is 25.0 Å². The predicted octanol–water partition coefficient (Wildman–Crippen LogP) is 1.99. The molecule has 0 bridgehead atoms. The number of benzene rings is 1. The van der Waals surface area contributed by atoms with Crippen LogP contribution in [0.2, 0.25) is 0 Å². The van der Waals surface area contributed by atoms with E-state index in [4.69, 9.17) is 5.73 Å². The molecule has 0 unspecified atom stereocenters. The SMILES string of the molecule is CC(C)C[C@H](N)C(=O)NC(=O)c1ccc(Br)c([N+](=O)[O-])c1. The molecule has 0 aliphatic rings. The first-order valence-electron chi connectivity index (χ1n) is 6.27. The van der Waals surface area contributed by atoms with E-state index < -0.39 is 22.8 Å². The number of amides is 2. The van der Waals surface area contributed by atoms with Crippen LogP contribution in [-0.2, 0) is 4.79 Å². The summed E-state index contributed by atoms with van der Waals surface area (Å²) in [7, 11) is 0. The molecule has 2 amide bonds. The molecule has 0 aliphatic heterocycles. The van der Waals surface area contributed by atoms with Crippen molar-refractivity contribution in [2.24, 2.45) is 11.7 Å². The van der Waals surface area contributed by atoms with E-state index in [0.717, 1.165) is 6.07 Å². The highest BCUT2D eigenvalue weighted by atomic mass is 79.9. The number of hydrogen-bond donors (Lipinski definition) is 2. The van der Waals surface area contributed by atoms with Gasteiger partial charge in [-0.25, -0.2) is 0 Å². The van der Waals surface area contributed by atoms with Crippen molar-refractivity contribution < 1.29 is 14.5 Å². The van der Waals surface area contributed by atoms with Gasteiger partial charge in [0.25, 0.3) is 11.6 Å². The lowest BCUT2D eigenvalue weighted by Crippen LogP contribution is -2.44. The summed E-state index contributed by atoms with van der Waals surface area (Å²) in [4.78, 5) is 33.8. The number of hydrogen-bond acceptors (Lipinski definition) is 5. The summed E-state index contributed by atoms with van der Waals surface area (Å²) in [6, 6.07) is 3.07. The molecule has 0 saturated carbocycles. The highest BCUT2D eigenvalue weighted by molar-refractivity contribution is 9.10. The molecule has 1 rings (SSSR count). The number of rotatable bonds is 5. The van der Waals surface area contributed by atoms with E-state index in [1.54, 1.807) is 0 Å². The minimum atomic E-state index is -0.792. The van der Waals surface area contributed by atoms with E-state index in [1.165, 1.54) is 12.1 Å². The van der Waals surface area contributed by atoms with E-state index in [-0.39, 0.29) is 21.6 Å². The first-order valence-corrected chi connectivity index (χ1v) is 7.06. The second-order valence-corrected chi connectivity index (χ2v) is 5.83. The lowest BCUT2D eigenvalue weighted by Gasteiger charge is -2.13. The molecule has 21 heavy (non-hydrogen) atoms. The Labute approximate surface area is 130 Å². The maximum atomic E-state index is 11.9. The average Bonchev–Trinajstić information content (AvgIpc) is 2.37. The minimum absolute atomic E-state index is 0.0231. The smallest absolute Gasteiger partial charge is 0.284 e. The van der Waals surface area contributed by atoms with Crippen molar-refractivity contribution in [1.82, 2.24) is 5.32 Å². The standard InChI is InChI=1S/C13H16BrN3O4/c1-7(2)5-10(15)13(19)16-12(18)8-3-4-9(14)11(6-8)17(20)21/h3-4,6-7,10H,5,15H2,1-2H3,(H,16,18,19)/t10-/m0/s1. The van der Waals surface area contributed by atoms with Crippen LogP contribution in [0.25, 0.3) is 0 Å². The van der Waals surface area contributed by atoms with Crippen molar-refractivity contribution in [3.63, 3.8) is 0 Å². The van der Waals surface area contributed by atoms with Crippen molar-refractivity contribution in [3.8, 4) is 0 Å². The molecule has 0 saturated heterocycles. The number of carbonyl (C=O) groups is 2. The average molecular weight is 358 g/mol. The molecule has 0 spiro atoms. The molecule has 0 aliphatic carbocycles. The lowest BCUT2D eigenvalue weighted by molar-refractivity contribution is -0.385. The van der Waals surface area contributed by atoms with Crippen LogP contribution < -0.4 is 11.1 Å². The summed E-state index contributed by atoms with van der Waals surface area (Å²) < 4.78 is 0.256. The Hall–Kier alpha value is -1.80. The van der Waals surface area contributed by atoms with Gasteiger partial charge in [0.05, 0.1) is 15.4 Å². The molecule has 0 radical (unpaired) electrons. The fourth-order valence-electron chi connectivity index (χ4n) is 1.69. The molecule has 1 aromatic carbocycles. The van der Waals surface area contributed by atoms with Crippen LogP contribution >= 0.6 is 15.9 Å². The monoisotopic (exact) mass is 357 g/mol. The Kier molecular flexibility index (Phi) is 5.98. The van der Waals surface area contributed by atoms with Gasteiger partial charge in [0, 0.05) is 11.6 Å². The van der Waals surface area contributed by atoms with Gasteiger partial charge >= 0.3 is 0 Å². The Morgan fingerprint density at radius 1 is 1.43 bits per heavy atom. The quantitative estimate of drug-likeness (QED) is 0.617. The van der Waals surface area contributed by atoms with Crippen LogP contribution in [-0.4, -0.2) is 22.8 Å². The van der Waals surface area contributed by atoms with Crippen LogP contribution in [0.3, 0.4) is 0 Å². The molecule has 114 valence electrons. The van der Waals surface area contributed by atoms with Crippen molar-refractivity contribution in [2.45, 2.75) is 26.3 Å². The normalized spacial score (nSPS) is 12.0. The van der Waals surface area contributed by atoms with Gasteiger partial charge in [0.1, 0.15) is 0 Å².